The van der Waals surface area contributed by atoms with Gasteiger partial charge in [0.1, 0.15) is 0 Å². The van der Waals surface area contributed by atoms with Crippen LogP contribution in [0.2, 0.25) is 0 Å². The summed E-state index contributed by atoms with van der Waals surface area (Å²) < 4.78 is 0. The van der Waals surface area contributed by atoms with Crippen molar-refractivity contribution in [3.05, 3.63) is 0 Å². The van der Waals surface area contributed by atoms with Gasteiger partial charge in [-0.3, -0.25) is 0 Å². The minimum Gasteiger partial charge on any atom is -0.316 e. The molecule has 3 unspecified atom stereocenters. The van der Waals surface area contributed by atoms with E-state index in [2.05, 4.69) is 26.1 Å². The third-order valence-electron chi connectivity index (χ3n) is 4.55. The maximum absolute atomic E-state index is 3.62. The number of rotatable bonds is 6. The highest BCUT2D eigenvalue weighted by Gasteiger charge is 2.47. The summed E-state index contributed by atoms with van der Waals surface area (Å²) in [6, 6.07) is 0. The standard InChI is InChI=1S/C14H27N/c1-4-5-15-9-14(10(2)3)13-7-11-6-12(11)8-13/h10-15H,4-9H2,1-3H3. The molecule has 0 amide bonds. The van der Waals surface area contributed by atoms with E-state index in [4.69, 9.17) is 0 Å². The van der Waals surface area contributed by atoms with Gasteiger partial charge in [-0.15, -0.1) is 0 Å². The molecule has 0 aromatic carbocycles. The van der Waals surface area contributed by atoms with Crippen LogP contribution in [-0.2, 0) is 0 Å². The van der Waals surface area contributed by atoms with Gasteiger partial charge in [0.2, 0.25) is 0 Å². The second kappa shape index (κ2) is 4.86. The van der Waals surface area contributed by atoms with Gasteiger partial charge in [-0.25, -0.2) is 0 Å². The van der Waals surface area contributed by atoms with Crippen molar-refractivity contribution in [2.24, 2.45) is 29.6 Å². The maximum atomic E-state index is 3.62. The predicted octanol–water partition coefficient (Wildman–Crippen LogP) is 3.30. The van der Waals surface area contributed by atoms with Crippen molar-refractivity contribution in [2.45, 2.75) is 46.5 Å². The molecule has 0 spiro atoms. The SMILES string of the molecule is CCCNCC(C(C)C)C1CC2CC2C1. The van der Waals surface area contributed by atoms with E-state index in [1.165, 1.54) is 19.5 Å². The fourth-order valence-electron chi connectivity index (χ4n) is 3.50. The highest BCUT2D eigenvalue weighted by Crippen LogP contribution is 2.56. The van der Waals surface area contributed by atoms with E-state index in [1.54, 1.807) is 19.3 Å². The molecule has 0 aromatic rings. The number of hydrogen-bond donors (Lipinski definition) is 1. The van der Waals surface area contributed by atoms with Gasteiger partial charge in [-0.05, 0) is 68.4 Å². The maximum Gasteiger partial charge on any atom is -0.00154 e. The lowest BCUT2D eigenvalue weighted by Gasteiger charge is -2.28. The highest BCUT2D eigenvalue weighted by molar-refractivity contribution is 4.98. The van der Waals surface area contributed by atoms with E-state index in [1.807, 2.05) is 0 Å². The quantitative estimate of drug-likeness (QED) is 0.662. The molecule has 3 atom stereocenters. The van der Waals surface area contributed by atoms with Gasteiger partial charge in [-0.1, -0.05) is 20.8 Å². The third kappa shape index (κ3) is 2.75. The predicted molar refractivity (Wildman–Crippen MR) is 65.8 cm³/mol. The Balaban J connectivity index is 1.77. The van der Waals surface area contributed by atoms with Crippen LogP contribution in [0, 0.1) is 29.6 Å². The first-order valence-electron chi connectivity index (χ1n) is 6.93. The van der Waals surface area contributed by atoms with Crippen molar-refractivity contribution in [1.82, 2.24) is 5.32 Å². The lowest BCUT2D eigenvalue weighted by Crippen LogP contribution is -2.31. The summed E-state index contributed by atoms with van der Waals surface area (Å²) in [6.45, 7) is 9.52. The van der Waals surface area contributed by atoms with Crippen LogP contribution in [0.25, 0.3) is 0 Å². The van der Waals surface area contributed by atoms with E-state index in [9.17, 15) is 0 Å². The summed E-state index contributed by atoms with van der Waals surface area (Å²) in [7, 11) is 0. The number of nitrogens with one attached hydrogen (secondary N) is 1. The van der Waals surface area contributed by atoms with Crippen LogP contribution < -0.4 is 5.32 Å². The molecule has 2 saturated carbocycles. The molecule has 0 heterocycles. The summed E-state index contributed by atoms with van der Waals surface area (Å²) in [4.78, 5) is 0. The summed E-state index contributed by atoms with van der Waals surface area (Å²) in [5, 5.41) is 3.62. The Morgan fingerprint density at radius 1 is 1.13 bits per heavy atom. The zero-order valence-electron chi connectivity index (χ0n) is 10.6. The van der Waals surface area contributed by atoms with Gasteiger partial charge in [0.05, 0.1) is 0 Å². The summed E-state index contributed by atoms with van der Waals surface area (Å²) in [6.07, 6.45) is 5.91. The minimum atomic E-state index is 0.858. The Morgan fingerprint density at radius 2 is 1.80 bits per heavy atom. The minimum absolute atomic E-state index is 0.858. The van der Waals surface area contributed by atoms with Crippen LogP contribution in [0.1, 0.15) is 46.5 Å². The largest absolute Gasteiger partial charge is 0.316 e. The molecule has 0 radical (unpaired) electrons. The molecular weight excluding hydrogens is 182 g/mol. The fourth-order valence-corrected chi connectivity index (χ4v) is 3.50. The Hall–Kier alpha value is -0.0400. The molecule has 15 heavy (non-hydrogen) atoms. The molecule has 88 valence electrons. The van der Waals surface area contributed by atoms with E-state index < -0.39 is 0 Å². The third-order valence-corrected chi connectivity index (χ3v) is 4.55. The molecule has 0 saturated heterocycles. The van der Waals surface area contributed by atoms with Crippen molar-refractivity contribution < 1.29 is 0 Å². The van der Waals surface area contributed by atoms with Gasteiger partial charge < -0.3 is 5.32 Å². The average Bonchev–Trinajstić information content (AvgIpc) is 2.80. The van der Waals surface area contributed by atoms with Crippen LogP contribution in [0.5, 0.6) is 0 Å². The monoisotopic (exact) mass is 209 g/mol. The first-order valence-corrected chi connectivity index (χ1v) is 6.93. The normalized spacial score (nSPS) is 35.6. The number of hydrogen-bond acceptors (Lipinski definition) is 1. The van der Waals surface area contributed by atoms with Gasteiger partial charge in [-0.2, -0.15) is 0 Å². The summed E-state index contributed by atoms with van der Waals surface area (Å²) in [5.41, 5.74) is 0. The Morgan fingerprint density at radius 3 is 2.33 bits per heavy atom. The van der Waals surface area contributed by atoms with Crippen LogP contribution in [0.4, 0.5) is 0 Å². The van der Waals surface area contributed by atoms with Crippen molar-refractivity contribution in [3.63, 3.8) is 0 Å². The fraction of sp³-hybridized carbons (Fsp3) is 1.00. The van der Waals surface area contributed by atoms with E-state index in [0.29, 0.717) is 0 Å². The molecule has 0 aliphatic heterocycles. The number of fused-ring (bicyclic) bond motifs is 1. The molecule has 0 bridgehead atoms. The second-order valence-corrected chi connectivity index (χ2v) is 6.10. The Kier molecular flexibility index (Phi) is 3.71. The zero-order chi connectivity index (χ0) is 10.8. The van der Waals surface area contributed by atoms with Crippen LogP contribution in [0.3, 0.4) is 0 Å². The van der Waals surface area contributed by atoms with Crippen LogP contribution in [-0.4, -0.2) is 13.1 Å². The lowest BCUT2D eigenvalue weighted by molar-refractivity contribution is 0.233. The molecule has 1 nitrogen and oxygen atoms in total. The van der Waals surface area contributed by atoms with Gasteiger partial charge in [0.15, 0.2) is 0 Å². The van der Waals surface area contributed by atoms with Gasteiger partial charge in [0, 0.05) is 0 Å². The van der Waals surface area contributed by atoms with Crippen molar-refractivity contribution >= 4 is 0 Å². The van der Waals surface area contributed by atoms with E-state index in [-0.39, 0.29) is 0 Å². The molecule has 1 heteroatoms. The first-order chi connectivity index (χ1) is 7.22. The molecule has 1 N–H and O–H groups in total. The average molecular weight is 209 g/mol. The van der Waals surface area contributed by atoms with Crippen LogP contribution >= 0.6 is 0 Å². The van der Waals surface area contributed by atoms with Crippen molar-refractivity contribution in [1.29, 1.82) is 0 Å². The van der Waals surface area contributed by atoms with Crippen molar-refractivity contribution in [2.75, 3.05) is 13.1 Å². The summed E-state index contributed by atoms with van der Waals surface area (Å²) >= 11 is 0. The molecule has 2 aliphatic carbocycles. The molecular formula is C14H27N. The highest BCUT2D eigenvalue weighted by atomic mass is 14.9. The topological polar surface area (TPSA) is 12.0 Å². The molecule has 2 rings (SSSR count). The van der Waals surface area contributed by atoms with Crippen molar-refractivity contribution in [3.8, 4) is 0 Å². The van der Waals surface area contributed by atoms with Gasteiger partial charge in [0.25, 0.3) is 0 Å². The Bertz CT molecular complexity index is 190. The lowest BCUT2D eigenvalue weighted by atomic mass is 9.80. The van der Waals surface area contributed by atoms with Gasteiger partial charge >= 0.3 is 0 Å². The van der Waals surface area contributed by atoms with E-state index >= 15 is 0 Å². The molecule has 0 aromatic heterocycles. The van der Waals surface area contributed by atoms with Crippen LogP contribution in [0.15, 0.2) is 0 Å². The first kappa shape index (κ1) is 11.4. The smallest absolute Gasteiger partial charge is 0.00154 e. The summed E-state index contributed by atoms with van der Waals surface area (Å²) in [5.74, 6) is 5.11. The zero-order valence-corrected chi connectivity index (χ0v) is 10.6. The van der Waals surface area contributed by atoms with E-state index in [0.717, 1.165) is 29.6 Å². The Labute approximate surface area is 95.0 Å². The molecule has 2 fully saturated rings. The molecule has 2 aliphatic rings. The second-order valence-electron chi connectivity index (χ2n) is 6.10.